The molecule has 3 N–H and O–H groups in total. The summed E-state index contributed by atoms with van der Waals surface area (Å²) in [5.74, 6) is -1.38. The average Bonchev–Trinajstić information content (AvgIpc) is 2.54. The Labute approximate surface area is 82.4 Å². The minimum absolute atomic E-state index is 0.0147. The number of hydrogen-bond acceptors (Lipinski definition) is 4. The molecule has 0 aliphatic carbocycles. The zero-order valence-corrected chi connectivity index (χ0v) is 7.63. The fourth-order valence-electron chi connectivity index (χ4n) is 0.656. The molecule has 0 aliphatic rings. The number of aromatic nitrogens is 1. The van der Waals surface area contributed by atoms with E-state index in [1.165, 1.54) is 0 Å². The number of nitrogens with zero attached hydrogens (tertiary/aromatic N) is 1. The molecule has 0 bridgehead atoms. The van der Waals surface area contributed by atoms with Crippen molar-refractivity contribution in [3.8, 4) is 0 Å². The van der Waals surface area contributed by atoms with Gasteiger partial charge in [0.15, 0.2) is 5.54 Å². The first kappa shape index (κ1) is 11.5. The van der Waals surface area contributed by atoms with Crippen LogP contribution in [0.2, 0.25) is 0 Å². The van der Waals surface area contributed by atoms with Crippen molar-refractivity contribution >= 4 is 11.6 Å². The van der Waals surface area contributed by atoms with Crippen molar-refractivity contribution in [1.82, 2.24) is 5.16 Å². The predicted octanol–water partition coefficient (Wildman–Crippen LogP) is 0.893. The van der Waals surface area contributed by atoms with Gasteiger partial charge in [-0.15, -0.1) is 0 Å². The summed E-state index contributed by atoms with van der Waals surface area (Å²) in [6.45, 7) is 0.579. The van der Waals surface area contributed by atoms with Gasteiger partial charge in [0.25, 0.3) is 5.91 Å². The molecule has 15 heavy (non-hydrogen) atoms. The molecule has 84 valence electrons. The summed E-state index contributed by atoms with van der Waals surface area (Å²) in [5, 5.41) is 5.14. The molecule has 0 saturated heterocycles. The lowest BCUT2D eigenvalue weighted by atomic mass is 10.0. The number of nitrogens with two attached hydrogens (primary N) is 1. The lowest BCUT2D eigenvalue weighted by molar-refractivity contribution is -0.184. The molecule has 0 fully saturated rings. The Morgan fingerprint density at radius 1 is 1.60 bits per heavy atom. The number of alkyl halides is 3. The summed E-state index contributed by atoms with van der Waals surface area (Å²) in [6.07, 6.45) is -2.77. The molecule has 1 atom stereocenters. The second kappa shape index (κ2) is 3.54. The van der Waals surface area contributed by atoms with E-state index in [1.807, 2.05) is 5.32 Å². The first-order valence-electron chi connectivity index (χ1n) is 3.81. The Morgan fingerprint density at radius 2 is 2.20 bits per heavy atom. The van der Waals surface area contributed by atoms with Crippen LogP contribution in [-0.4, -0.2) is 22.8 Å². The molecule has 1 rings (SSSR count). The lowest BCUT2D eigenvalue weighted by Gasteiger charge is -2.25. The first-order valence-corrected chi connectivity index (χ1v) is 3.81. The number of anilines is 1. The van der Waals surface area contributed by atoms with Gasteiger partial charge in [-0.1, -0.05) is 5.16 Å². The molecule has 1 unspecified atom stereocenters. The Hall–Kier alpha value is -1.57. The minimum atomic E-state index is -4.83. The van der Waals surface area contributed by atoms with Crippen molar-refractivity contribution in [2.45, 2.75) is 18.6 Å². The van der Waals surface area contributed by atoms with Crippen LogP contribution in [-0.2, 0) is 4.79 Å². The second-order valence-electron chi connectivity index (χ2n) is 3.07. The summed E-state index contributed by atoms with van der Waals surface area (Å²) < 4.78 is 41.2. The van der Waals surface area contributed by atoms with Crippen LogP contribution in [0.5, 0.6) is 0 Å². The van der Waals surface area contributed by atoms with Crippen molar-refractivity contribution < 1.29 is 22.5 Å². The summed E-state index contributed by atoms with van der Waals surface area (Å²) in [7, 11) is 0. The quantitative estimate of drug-likeness (QED) is 0.780. The highest BCUT2D eigenvalue weighted by molar-refractivity contribution is 5.98. The van der Waals surface area contributed by atoms with E-state index < -0.39 is 17.6 Å². The van der Waals surface area contributed by atoms with E-state index in [0.717, 1.165) is 12.5 Å². The second-order valence-corrected chi connectivity index (χ2v) is 3.07. The van der Waals surface area contributed by atoms with Crippen LogP contribution in [0, 0.1) is 0 Å². The van der Waals surface area contributed by atoms with Gasteiger partial charge >= 0.3 is 6.18 Å². The van der Waals surface area contributed by atoms with Crippen molar-refractivity contribution in [2.24, 2.45) is 5.73 Å². The highest BCUT2D eigenvalue weighted by atomic mass is 19.4. The van der Waals surface area contributed by atoms with Crippen LogP contribution in [0.1, 0.15) is 6.92 Å². The molecule has 0 spiro atoms. The standard InChI is InChI=1S/C7H8F3N3O2/c1-6(11,7(8,9)10)5(14)13-4-2-12-15-3-4/h2-3H,11H2,1H3,(H,13,14). The predicted molar refractivity (Wildman–Crippen MR) is 43.8 cm³/mol. The average molecular weight is 223 g/mol. The molecule has 8 heteroatoms. The normalized spacial score (nSPS) is 15.8. The SMILES string of the molecule is CC(N)(C(=O)Nc1cnoc1)C(F)(F)F. The molecule has 0 saturated carbocycles. The number of hydrogen-bond donors (Lipinski definition) is 2. The summed E-state index contributed by atoms with van der Waals surface area (Å²) in [4.78, 5) is 11.2. The third-order valence-corrected chi connectivity index (χ3v) is 1.75. The van der Waals surface area contributed by atoms with Gasteiger partial charge in [-0.3, -0.25) is 4.79 Å². The van der Waals surface area contributed by atoms with E-state index in [0.29, 0.717) is 6.92 Å². The fourth-order valence-corrected chi connectivity index (χ4v) is 0.656. The molecule has 1 aromatic rings. The largest absolute Gasteiger partial charge is 0.415 e. The highest BCUT2D eigenvalue weighted by Crippen LogP contribution is 2.28. The minimum Gasteiger partial charge on any atom is -0.363 e. The Balaban J connectivity index is 2.77. The van der Waals surface area contributed by atoms with Gasteiger partial charge in [-0.2, -0.15) is 13.2 Å². The monoisotopic (exact) mass is 223 g/mol. The van der Waals surface area contributed by atoms with Crippen molar-refractivity contribution in [1.29, 1.82) is 0 Å². The molecule has 1 aromatic heterocycles. The molecule has 0 radical (unpaired) electrons. The van der Waals surface area contributed by atoms with Crippen molar-refractivity contribution in [2.75, 3.05) is 5.32 Å². The van der Waals surface area contributed by atoms with Crippen LogP contribution < -0.4 is 11.1 Å². The maximum Gasteiger partial charge on any atom is 0.415 e. The van der Waals surface area contributed by atoms with Crippen LogP contribution in [0.4, 0.5) is 18.9 Å². The number of carbonyl (C=O) groups excluding carboxylic acids is 1. The zero-order chi connectivity index (χ0) is 11.7. The zero-order valence-electron chi connectivity index (χ0n) is 7.63. The first-order chi connectivity index (χ1) is 6.75. The third kappa shape index (κ3) is 2.27. The summed E-state index contributed by atoms with van der Waals surface area (Å²) in [6, 6.07) is 0. The molecule has 1 heterocycles. The summed E-state index contributed by atoms with van der Waals surface area (Å²) in [5.41, 5.74) is 1.93. The molecule has 1 amide bonds. The highest BCUT2D eigenvalue weighted by Gasteiger charge is 2.54. The number of halogens is 3. The summed E-state index contributed by atoms with van der Waals surface area (Å²) >= 11 is 0. The number of carbonyl (C=O) groups is 1. The fraction of sp³-hybridized carbons (Fsp3) is 0.429. The number of nitrogens with one attached hydrogen (secondary N) is 1. The third-order valence-electron chi connectivity index (χ3n) is 1.75. The molecular weight excluding hydrogens is 215 g/mol. The molecule has 5 nitrogen and oxygen atoms in total. The van der Waals surface area contributed by atoms with Crippen molar-refractivity contribution in [3.63, 3.8) is 0 Å². The van der Waals surface area contributed by atoms with Gasteiger partial charge in [0, 0.05) is 0 Å². The van der Waals surface area contributed by atoms with Gasteiger partial charge in [0.1, 0.15) is 12.0 Å². The van der Waals surface area contributed by atoms with Gasteiger partial charge < -0.3 is 15.6 Å². The molecule has 0 aromatic carbocycles. The maximum absolute atomic E-state index is 12.3. The van der Waals surface area contributed by atoms with E-state index >= 15 is 0 Å². The van der Waals surface area contributed by atoms with E-state index in [4.69, 9.17) is 5.73 Å². The molecular formula is C7H8F3N3O2. The van der Waals surface area contributed by atoms with Gasteiger partial charge in [-0.05, 0) is 6.92 Å². The topological polar surface area (TPSA) is 81.2 Å². The van der Waals surface area contributed by atoms with Crippen LogP contribution in [0.25, 0.3) is 0 Å². The Kier molecular flexibility index (Phi) is 2.71. The van der Waals surface area contributed by atoms with Crippen molar-refractivity contribution in [3.05, 3.63) is 12.5 Å². The van der Waals surface area contributed by atoms with Gasteiger partial charge in [0.05, 0.1) is 6.20 Å². The van der Waals surface area contributed by atoms with E-state index in [1.54, 1.807) is 0 Å². The smallest absolute Gasteiger partial charge is 0.363 e. The lowest BCUT2D eigenvalue weighted by Crippen LogP contribution is -2.59. The van der Waals surface area contributed by atoms with Crippen LogP contribution in [0.15, 0.2) is 17.0 Å². The van der Waals surface area contributed by atoms with E-state index in [2.05, 4.69) is 9.68 Å². The number of rotatable bonds is 2. The van der Waals surface area contributed by atoms with Gasteiger partial charge in [-0.25, -0.2) is 0 Å². The van der Waals surface area contributed by atoms with E-state index in [-0.39, 0.29) is 5.69 Å². The van der Waals surface area contributed by atoms with Gasteiger partial charge in [0.2, 0.25) is 0 Å². The number of amides is 1. The molecule has 0 aliphatic heterocycles. The Bertz CT molecular complexity index is 345. The Morgan fingerprint density at radius 3 is 2.60 bits per heavy atom. The van der Waals surface area contributed by atoms with Crippen LogP contribution in [0.3, 0.4) is 0 Å². The van der Waals surface area contributed by atoms with Crippen LogP contribution >= 0.6 is 0 Å². The van der Waals surface area contributed by atoms with E-state index in [9.17, 15) is 18.0 Å². The maximum atomic E-state index is 12.3.